The molecule has 0 aliphatic rings. The Hall–Kier alpha value is -3.02. The van der Waals surface area contributed by atoms with Gasteiger partial charge >= 0.3 is 17.1 Å². The monoisotopic (exact) mass is 433 g/mol. The molecule has 6 nitrogen and oxygen atoms in total. The van der Waals surface area contributed by atoms with E-state index in [0.717, 1.165) is 34.0 Å². The molecular formula is C22H22MnN2O4. The van der Waals surface area contributed by atoms with Crippen molar-refractivity contribution in [1.82, 2.24) is 9.97 Å². The summed E-state index contributed by atoms with van der Waals surface area (Å²) in [5, 5.41) is 22.2. The van der Waals surface area contributed by atoms with Crippen LogP contribution in [0.15, 0.2) is 72.5 Å². The molecule has 0 saturated heterocycles. The molecule has 3 aromatic rings. The van der Waals surface area contributed by atoms with Crippen molar-refractivity contribution in [3.8, 4) is 0 Å². The Bertz CT molecular complexity index is 939. The molecule has 0 aliphatic heterocycles. The summed E-state index contributed by atoms with van der Waals surface area (Å²) >= 11 is 0. The van der Waals surface area contributed by atoms with Crippen LogP contribution >= 0.6 is 0 Å². The third kappa shape index (κ3) is 10.2. The van der Waals surface area contributed by atoms with E-state index in [1.165, 1.54) is 27.7 Å². The Morgan fingerprint density at radius 3 is 1.31 bits per heavy atom. The van der Waals surface area contributed by atoms with Crippen LogP contribution in [0.3, 0.4) is 0 Å². The number of rotatable bonds is 2. The van der Waals surface area contributed by atoms with Gasteiger partial charge in [0.25, 0.3) is 0 Å². The number of hydrogen-bond donors (Lipinski definition) is 0. The molecule has 0 spiro atoms. The Labute approximate surface area is 180 Å². The average Bonchev–Trinajstić information content (AvgIpc) is 2.60. The Morgan fingerprint density at radius 2 is 1.07 bits per heavy atom. The van der Waals surface area contributed by atoms with Crippen LogP contribution in [0, 0.1) is 0 Å². The number of carbonyl (C=O) groups excluding carboxylic acids is 2. The molecular weight excluding hydrogens is 411 g/mol. The topological polar surface area (TPSA) is 106 Å². The molecule has 0 atom stereocenters. The van der Waals surface area contributed by atoms with Gasteiger partial charge in [-0.3, -0.25) is 19.6 Å². The molecule has 1 aromatic carbocycles. The predicted octanol–water partition coefficient (Wildman–Crippen LogP) is 2.46. The Balaban J connectivity index is 0.000000451. The number of allylic oxidation sites excluding steroid dienone is 4. The van der Waals surface area contributed by atoms with Crippen molar-refractivity contribution in [2.75, 3.05) is 0 Å². The molecule has 0 bridgehead atoms. The van der Waals surface area contributed by atoms with E-state index in [0.29, 0.717) is 0 Å². The molecule has 2 aromatic heterocycles. The first-order valence-corrected chi connectivity index (χ1v) is 8.51. The van der Waals surface area contributed by atoms with E-state index in [-0.39, 0.29) is 40.2 Å². The summed E-state index contributed by atoms with van der Waals surface area (Å²) < 4.78 is 0. The van der Waals surface area contributed by atoms with Crippen LogP contribution < -0.4 is 10.2 Å². The molecule has 7 heteroatoms. The number of ketones is 2. The molecule has 0 N–H and O–H groups in total. The summed E-state index contributed by atoms with van der Waals surface area (Å²) in [7, 11) is 0. The van der Waals surface area contributed by atoms with E-state index < -0.39 is 0 Å². The van der Waals surface area contributed by atoms with Gasteiger partial charge in [0.2, 0.25) is 0 Å². The zero-order valence-corrected chi connectivity index (χ0v) is 17.9. The second-order valence-electron chi connectivity index (χ2n) is 5.95. The van der Waals surface area contributed by atoms with Crippen LogP contribution in [0.4, 0.5) is 0 Å². The number of hydrogen-bond acceptors (Lipinski definition) is 6. The van der Waals surface area contributed by atoms with Gasteiger partial charge in [0.1, 0.15) is 0 Å². The fourth-order valence-corrected chi connectivity index (χ4v) is 2.25. The maximum atomic E-state index is 9.98. The minimum absolute atomic E-state index is 0. The summed E-state index contributed by atoms with van der Waals surface area (Å²) in [5.74, 6) is -0.750. The van der Waals surface area contributed by atoms with Crippen LogP contribution in [-0.4, -0.2) is 21.5 Å². The zero-order valence-electron chi connectivity index (χ0n) is 16.7. The second-order valence-corrected chi connectivity index (χ2v) is 5.95. The number of aromatic nitrogens is 2. The molecule has 0 unspecified atom stereocenters. The van der Waals surface area contributed by atoms with Crippen molar-refractivity contribution in [2.45, 2.75) is 27.7 Å². The first-order valence-electron chi connectivity index (χ1n) is 8.51. The van der Waals surface area contributed by atoms with Crippen LogP contribution in [0.25, 0.3) is 21.8 Å². The molecule has 1 radical (unpaired) electrons. The SMILES string of the molecule is CC(=O)/C=C(/C)[O-].CC(=O)/C=C(/C)[O-].[Mn+2].c1cnc2c(c1)ccc1cccnc12. The van der Waals surface area contributed by atoms with E-state index in [9.17, 15) is 19.8 Å². The minimum atomic E-state index is -0.187. The number of nitrogens with zero attached hydrogens (tertiary/aromatic N) is 2. The first kappa shape index (κ1) is 26.0. The minimum Gasteiger partial charge on any atom is -0.876 e. The van der Waals surface area contributed by atoms with Gasteiger partial charge in [0.05, 0.1) is 11.0 Å². The molecule has 0 aliphatic carbocycles. The van der Waals surface area contributed by atoms with E-state index >= 15 is 0 Å². The average molecular weight is 433 g/mol. The van der Waals surface area contributed by atoms with Gasteiger partial charge in [0.15, 0.2) is 11.6 Å². The molecule has 151 valence electrons. The predicted molar refractivity (Wildman–Crippen MR) is 106 cm³/mol. The van der Waals surface area contributed by atoms with Crippen LogP contribution in [0.1, 0.15) is 27.7 Å². The van der Waals surface area contributed by atoms with Gasteiger partial charge in [-0.25, -0.2) is 0 Å². The second kappa shape index (κ2) is 13.2. The molecule has 29 heavy (non-hydrogen) atoms. The maximum Gasteiger partial charge on any atom is 2.00 e. The molecule has 0 fully saturated rings. The van der Waals surface area contributed by atoms with E-state index in [4.69, 9.17) is 0 Å². The van der Waals surface area contributed by atoms with Crippen LogP contribution in [0.2, 0.25) is 0 Å². The Morgan fingerprint density at radius 1 is 0.724 bits per heavy atom. The van der Waals surface area contributed by atoms with Gasteiger partial charge in [-0.2, -0.15) is 0 Å². The van der Waals surface area contributed by atoms with Gasteiger partial charge in [-0.1, -0.05) is 38.1 Å². The van der Waals surface area contributed by atoms with Crippen molar-refractivity contribution >= 4 is 33.4 Å². The Kier molecular flexibility index (Phi) is 11.8. The van der Waals surface area contributed by atoms with Crippen LogP contribution in [0.5, 0.6) is 0 Å². The van der Waals surface area contributed by atoms with Crippen molar-refractivity contribution in [1.29, 1.82) is 0 Å². The van der Waals surface area contributed by atoms with Crippen molar-refractivity contribution < 1.29 is 36.9 Å². The molecule has 0 amide bonds. The van der Waals surface area contributed by atoms with Gasteiger partial charge in [-0.05, 0) is 38.1 Å². The molecule has 3 rings (SSSR count). The van der Waals surface area contributed by atoms with Gasteiger partial charge in [-0.15, -0.1) is 11.5 Å². The smallest absolute Gasteiger partial charge is 0.876 e. The van der Waals surface area contributed by atoms with Crippen molar-refractivity contribution in [2.24, 2.45) is 0 Å². The summed E-state index contributed by atoms with van der Waals surface area (Å²) in [6.07, 6.45) is 5.72. The van der Waals surface area contributed by atoms with Crippen molar-refractivity contribution in [3.63, 3.8) is 0 Å². The summed E-state index contributed by atoms with van der Waals surface area (Å²) in [4.78, 5) is 28.6. The third-order valence-corrected chi connectivity index (χ3v) is 3.16. The summed E-state index contributed by atoms with van der Waals surface area (Å²) in [6, 6.07) is 12.1. The normalized spacial score (nSPS) is 10.8. The standard InChI is InChI=1S/C12H8N2.2C5H8O2.Mn/c1-3-9-5-6-10-4-2-8-14-12(10)11(9)13-7-1;2*1-4(6)3-5(2)7;/h1-8H;2*3,6H,1-2H3;/q;;;+2/p-2/b;2*4-3-;. The van der Waals surface area contributed by atoms with E-state index in [2.05, 4.69) is 34.2 Å². The number of carbonyl (C=O) groups is 2. The molecule has 0 saturated carbocycles. The number of fused-ring (bicyclic) bond motifs is 3. The summed E-state index contributed by atoms with van der Waals surface area (Å²) in [5.41, 5.74) is 1.95. The van der Waals surface area contributed by atoms with Crippen LogP contribution in [-0.2, 0) is 26.7 Å². The van der Waals surface area contributed by atoms with E-state index in [1.807, 2.05) is 12.1 Å². The van der Waals surface area contributed by atoms with Gasteiger partial charge in [0, 0.05) is 23.2 Å². The largest absolute Gasteiger partial charge is 2.00 e. The summed E-state index contributed by atoms with van der Waals surface area (Å²) in [6.45, 7) is 5.39. The maximum absolute atomic E-state index is 9.98. The zero-order chi connectivity index (χ0) is 21.1. The fourth-order valence-electron chi connectivity index (χ4n) is 2.25. The third-order valence-electron chi connectivity index (χ3n) is 3.16. The molecule has 2 heterocycles. The van der Waals surface area contributed by atoms with Gasteiger partial charge < -0.3 is 10.2 Å². The first-order chi connectivity index (χ1) is 13.2. The quantitative estimate of drug-likeness (QED) is 0.266. The fraction of sp³-hybridized carbons (Fsp3) is 0.182. The number of benzene rings is 1. The van der Waals surface area contributed by atoms with Crippen molar-refractivity contribution in [3.05, 3.63) is 72.5 Å². The van der Waals surface area contributed by atoms with E-state index in [1.54, 1.807) is 12.4 Å². The number of pyridine rings is 2.